The van der Waals surface area contributed by atoms with E-state index in [1.165, 1.54) is 6.92 Å². The number of hydrogen-bond donors (Lipinski definition) is 1. The Bertz CT molecular complexity index is 141. The molecule has 0 fully saturated rings. The van der Waals surface area contributed by atoms with Gasteiger partial charge in [-0.2, -0.15) is 0 Å². The van der Waals surface area contributed by atoms with Crippen molar-refractivity contribution < 1.29 is 14.6 Å². The number of hydrogen-bond acceptors (Lipinski definition) is 3. The van der Waals surface area contributed by atoms with Crippen molar-refractivity contribution in [3.8, 4) is 0 Å². The van der Waals surface area contributed by atoms with Gasteiger partial charge >= 0.3 is 5.97 Å². The van der Waals surface area contributed by atoms with Crippen LogP contribution < -0.4 is 0 Å². The van der Waals surface area contributed by atoms with E-state index in [-0.39, 0.29) is 18.0 Å². The predicted octanol–water partition coefficient (Wildman–Crippen LogP) is 1.35. The van der Waals surface area contributed by atoms with E-state index in [0.29, 0.717) is 6.61 Å². The van der Waals surface area contributed by atoms with Crippen molar-refractivity contribution in [1.29, 1.82) is 0 Å². The van der Waals surface area contributed by atoms with E-state index in [4.69, 9.17) is 9.84 Å². The summed E-state index contributed by atoms with van der Waals surface area (Å²) in [5.41, 5.74) is -0.0554. The molecule has 0 atom stereocenters. The van der Waals surface area contributed by atoms with Crippen LogP contribution in [0.4, 0.5) is 0 Å². The Morgan fingerprint density at radius 1 is 1.50 bits per heavy atom. The number of ether oxygens (including phenoxy) is 1. The van der Waals surface area contributed by atoms with E-state index in [0.717, 1.165) is 12.8 Å². The van der Waals surface area contributed by atoms with Gasteiger partial charge in [-0.15, -0.1) is 0 Å². The summed E-state index contributed by atoms with van der Waals surface area (Å²) in [6.07, 6.45) is 1.68. The smallest absolute Gasteiger partial charge is 0.302 e. The number of aliphatic hydroxyl groups excluding tert-OH is 1. The molecule has 3 heteroatoms. The lowest BCUT2D eigenvalue weighted by Gasteiger charge is -2.20. The molecule has 0 unspecified atom stereocenters. The normalized spacial score (nSPS) is 11.3. The summed E-state index contributed by atoms with van der Waals surface area (Å²) in [5, 5.41) is 8.89. The highest BCUT2D eigenvalue weighted by Gasteiger charge is 2.15. The molecule has 0 spiro atoms. The summed E-state index contributed by atoms with van der Waals surface area (Å²) in [4.78, 5) is 10.4. The Morgan fingerprint density at radius 3 is 2.50 bits per heavy atom. The van der Waals surface area contributed by atoms with Gasteiger partial charge in [-0.1, -0.05) is 13.8 Å². The molecule has 12 heavy (non-hydrogen) atoms. The molecule has 0 radical (unpaired) electrons. The van der Waals surface area contributed by atoms with Gasteiger partial charge in [0.05, 0.1) is 6.61 Å². The van der Waals surface area contributed by atoms with Gasteiger partial charge in [0.25, 0.3) is 0 Å². The third-order valence-electron chi connectivity index (χ3n) is 1.73. The first-order valence-corrected chi connectivity index (χ1v) is 4.22. The van der Waals surface area contributed by atoms with Crippen LogP contribution in [0.15, 0.2) is 0 Å². The maximum atomic E-state index is 10.4. The van der Waals surface area contributed by atoms with Crippen LogP contribution in [-0.4, -0.2) is 24.3 Å². The van der Waals surface area contributed by atoms with Crippen molar-refractivity contribution in [1.82, 2.24) is 0 Å². The van der Waals surface area contributed by atoms with Crippen molar-refractivity contribution in [3.63, 3.8) is 0 Å². The highest BCUT2D eigenvalue weighted by atomic mass is 16.5. The zero-order valence-electron chi connectivity index (χ0n) is 8.09. The van der Waals surface area contributed by atoms with Crippen LogP contribution in [0, 0.1) is 5.41 Å². The Balaban J connectivity index is 3.37. The Kier molecular flexibility index (Phi) is 4.90. The van der Waals surface area contributed by atoms with Gasteiger partial charge in [-0.25, -0.2) is 0 Å². The number of rotatable bonds is 5. The quantitative estimate of drug-likeness (QED) is 0.505. The van der Waals surface area contributed by atoms with Crippen LogP contribution in [0.5, 0.6) is 0 Å². The summed E-state index contributed by atoms with van der Waals surface area (Å²) < 4.78 is 4.76. The second kappa shape index (κ2) is 5.14. The molecule has 72 valence electrons. The van der Waals surface area contributed by atoms with E-state index < -0.39 is 0 Å². The van der Waals surface area contributed by atoms with Crippen LogP contribution in [-0.2, 0) is 9.53 Å². The van der Waals surface area contributed by atoms with E-state index in [9.17, 15) is 4.79 Å². The van der Waals surface area contributed by atoms with Gasteiger partial charge in [0, 0.05) is 13.5 Å². The van der Waals surface area contributed by atoms with Crippen molar-refractivity contribution in [2.24, 2.45) is 5.41 Å². The van der Waals surface area contributed by atoms with Gasteiger partial charge in [0.1, 0.15) is 0 Å². The molecule has 1 N–H and O–H groups in total. The first-order valence-electron chi connectivity index (χ1n) is 4.22. The summed E-state index contributed by atoms with van der Waals surface area (Å²) in [6, 6.07) is 0. The molecule has 0 aliphatic heterocycles. The maximum Gasteiger partial charge on any atom is 0.302 e. The van der Waals surface area contributed by atoms with Gasteiger partial charge in [-0.3, -0.25) is 4.79 Å². The minimum absolute atomic E-state index is 0.0554. The SMILES string of the molecule is CC(=O)OCCCC(C)(C)CO. The Morgan fingerprint density at radius 2 is 2.08 bits per heavy atom. The summed E-state index contributed by atoms with van der Waals surface area (Å²) in [5.74, 6) is -0.239. The zero-order chi connectivity index (χ0) is 9.61. The number of aliphatic hydroxyl groups is 1. The van der Waals surface area contributed by atoms with E-state index >= 15 is 0 Å². The monoisotopic (exact) mass is 174 g/mol. The summed E-state index contributed by atoms with van der Waals surface area (Å²) in [6.45, 7) is 6.00. The van der Waals surface area contributed by atoms with Crippen molar-refractivity contribution >= 4 is 5.97 Å². The third kappa shape index (κ3) is 6.16. The Hall–Kier alpha value is -0.570. The molecule has 0 aliphatic rings. The number of esters is 1. The summed E-state index contributed by atoms with van der Waals surface area (Å²) in [7, 11) is 0. The zero-order valence-corrected chi connectivity index (χ0v) is 8.09. The lowest BCUT2D eigenvalue weighted by Crippen LogP contribution is -2.17. The highest BCUT2D eigenvalue weighted by Crippen LogP contribution is 2.20. The van der Waals surface area contributed by atoms with E-state index in [2.05, 4.69) is 0 Å². The number of carbonyl (C=O) groups excluding carboxylic acids is 1. The van der Waals surface area contributed by atoms with Crippen LogP contribution >= 0.6 is 0 Å². The topological polar surface area (TPSA) is 46.5 Å². The second-order valence-electron chi connectivity index (χ2n) is 3.77. The molecule has 0 bridgehead atoms. The molecule has 0 saturated carbocycles. The van der Waals surface area contributed by atoms with Crippen molar-refractivity contribution in [2.75, 3.05) is 13.2 Å². The predicted molar refractivity (Wildman–Crippen MR) is 46.7 cm³/mol. The van der Waals surface area contributed by atoms with Gasteiger partial charge in [0.15, 0.2) is 0 Å². The lowest BCUT2D eigenvalue weighted by molar-refractivity contribution is -0.141. The average Bonchev–Trinajstić information content (AvgIpc) is 1.98. The third-order valence-corrected chi connectivity index (χ3v) is 1.73. The molecule has 0 saturated heterocycles. The van der Waals surface area contributed by atoms with Crippen LogP contribution in [0.1, 0.15) is 33.6 Å². The molecule has 0 aromatic rings. The lowest BCUT2D eigenvalue weighted by atomic mass is 9.89. The van der Waals surface area contributed by atoms with Crippen LogP contribution in [0.25, 0.3) is 0 Å². The van der Waals surface area contributed by atoms with Crippen molar-refractivity contribution in [2.45, 2.75) is 33.6 Å². The highest BCUT2D eigenvalue weighted by molar-refractivity contribution is 5.65. The molecule has 0 amide bonds. The largest absolute Gasteiger partial charge is 0.466 e. The first kappa shape index (κ1) is 11.4. The molecule has 0 aromatic heterocycles. The molecule has 3 nitrogen and oxygen atoms in total. The van der Waals surface area contributed by atoms with Crippen LogP contribution in [0.3, 0.4) is 0 Å². The van der Waals surface area contributed by atoms with Crippen LogP contribution in [0.2, 0.25) is 0 Å². The van der Waals surface area contributed by atoms with Gasteiger partial charge in [0.2, 0.25) is 0 Å². The van der Waals surface area contributed by atoms with E-state index in [1.807, 2.05) is 13.8 Å². The van der Waals surface area contributed by atoms with Gasteiger partial charge < -0.3 is 9.84 Å². The molecule has 0 aliphatic carbocycles. The molecule has 0 heterocycles. The fraction of sp³-hybridized carbons (Fsp3) is 0.889. The fourth-order valence-electron chi connectivity index (χ4n) is 0.846. The number of carbonyl (C=O) groups is 1. The summed E-state index contributed by atoms with van der Waals surface area (Å²) >= 11 is 0. The minimum atomic E-state index is -0.239. The standard InChI is InChI=1S/C9H18O3/c1-8(11)12-6-4-5-9(2,3)7-10/h10H,4-7H2,1-3H3. The molecule has 0 rings (SSSR count). The molecular weight excluding hydrogens is 156 g/mol. The fourth-order valence-corrected chi connectivity index (χ4v) is 0.846. The van der Waals surface area contributed by atoms with E-state index in [1.54, 1.807) is 0 Å². The molecule has 0 aromatic carbocycles. The molecular formula is C9H18O3. The second-order valence-corrected chi connectivity index (χ2v) is 3.77. The minimum Gasteiger partial charge on any atom is -0.466 e. The first-order chi connectivity index (χ1) is 5.48. The maximum absolute atomic E-state index is 10.4. The van der Waals surface area contributed by atoms with Crippen molar-refractivity contribution in [3.05, 3.63) is 0 Å². The average molecular weight is 174 g/mol. The Labute approximate surface area is 73.7 Å². The van der Waals surface area contributed by atoms with Gasteiger partial charge in [-0.05, 0) is 18.3 Å².